The van der Waals surface area contributed by atoms with Crippen molar-refractivity contribution in [2.45, 2.75) is 292 Å². The second-order valence-corrected chi connectivity index (χ2v) is 29.1. The van der Waals surface area contributed by atoms with E-state index in [2.05, 4.69) is 50.1 Å². The molecule has 0 unspecified atom stereocenters. The monoisotopic (exact) mass is 1680 g/mol. The van der Waals surface area contributed by atoms with E-state index >= 15 is 0 Å². The van der Waals surface area contributed by atoms with Crippen LogP contribution in [0.3, 0.4) is 0 Å². The predicted octanol–water partition coefficient (Wildman–Crippen LogP) is -2.79. The highest BCUT2D eigenvalue weighted by Crippen LogP contribution is 2.41. The minimum atomic E-state index is -1.91. The maximum atomic E-state index is 14.3. The van der Waals surface area contributed by atoms with Gasteiger partial charge in [0, 0.05) is 56.3 Å². The van der Waals surface area contributed by atoms with Gasteiger partial charge in [-0.1, -0.05) is 99.6 Å². The highest BCUT2D eigenvalue weighted by Gasteiger charge is 2.58. The first-order valence-corrected chi connectivity index (χ1v) is 38.3. The number of carbonyl (C=O) groups excluding carboxylic acids is 1. The molecule has 24 N–H and O–H groups in total. The molecule has 10 rings (SSSR count). The Kier molecular flexibility index (Phi) is 38.8. The van der Waals surface area contributed by atoms with Gasteiger partial charge < -0.3 is 162 Å². The Labute approximate surface area is 674 Å². The molecule has 2 aromatic rings. The standard InChI is InChI=1S/C43H58N16O14.C24H48N6O12.CH2O2/c1-2-3-16-66-22-28(59(19-23-10-6-4-7-11-23)43(65)67-21-24-12-8-5-9-13-24)29-15-14-25(50-55-45)40(68-29)71-37-27(52-57-47)17-26(51-56-46)33(61)39(37)73-42-36(64)38(31(20-60)70-42)72-41-32(53-58-48)35(63)34(62)30(69-41)18-49-54-44;25-4-12-16(34)17(35)14(30)23(38-12)41-20-13(6-32)39-24(18(20)36)42-21-15(33)8(27)3-9(28)19(21)40-22-7(26)1-2-11(37-22)10(29)5-31;2-1-3/h4-13,25-42,60-64H,2-3,14-22H2,1H3;7-24,31-36H,1-6,25-30H2;1H,(H,2,3)/t25-,26-,27+,28-,29+,30+,31-,32-,33+,34-,35-,36-,37-,38-,39-,40-,41-,42+;7-,8-,9+,10-,11+,12+,13-,14-,15+,16-,17-,18-,19-,20-,21-,22-,23-,24+;/m11./s1. The van der Waals surface area contributed by atoms with Crippen molar-refractivity contribution < 1.29 is 137 Å². The van der Waals surface area contributed by atoms with Crippen molar-refractivity contribution in [2.24, 2.45) is 60.0 Å². The molecular formula is C68H108N22O28. The van der Waals surface area contributed by atoms with E-state index in [9.17, 15) is 83.1 Å². The number of azide groups is 5. The summed E-state index contributed by atoms with van der Waals surface area (Å²) in [7, 11) is 0. The van der Waals surface area contributed by atoms with Crippen molar-refractivity contribution in [3.05, 3.63) is 124 Å². The zero-order valence-corrected chi connectivity index (χ0v) is 64.2. The van der Waals surface area contributed by atoms with Crippen molar-refractivity contribution in [2.75, 3.05) is 46.1 Å². The molecule has 8 fully saturated rings. The molecule has 6 heterocycles. The molecule has 658 valence electrons. The van der Waals surface area contributed by atoms with E-state index in [1.54, 1.807) is 0 Å². The number of nitrogens with two attached hydrogens (primary N) is 6. The number of nitrogens with zero attached hydrogens (tertiary/aromatic N) is 16. The first-order valence-electron chi connectivity index (χ1n) is 38.3. The van der Waals surface area contributed by atoms with Gasteiger partial charge in [0.15, 0.2) is 37.7 Å². The third kappa shape index (κ3) is 24.7. The lowest BCUT2D eigenvalue weighted by molar-refractivity contribution is -0.292. The highest BCUT2D eigenvalue weighted by molar-refractivity contribution is 5.68. The lowest BCUT2D eigenvalue weighted by Gasteiger charge is -2.46. The van der Waals surface area contributed by atoms with Gasteiger partial charge >= 0.3 is 6.09 Å². The summed E-state index contributed by atoms with van der Waals surface area (Å²) < 4.78 is 84.4. The van der Waals surface area contributed by atoms with Crippen molar-refractivity contribution in [1.29, 1.82) is 0 Å². The van der Waals surface area contributed by atoms with Crippen LogP contribution in [0.5, 0.6) is 0 Å². The Morgan fingerprint density at radius 3 is 1.65 bits per heavy atom. The van der Waals surface area contributed by atoms with E-state index in [0.29, 0.717) is 25.9 Å². The zero-order valence-electron chi connectivity index (χ0n) is 64.2. The van der Waals surface area contributed by atoms with Crippen molar-refractivity contribution >= 4 is 12.6 Å². The number of aliphatic hydroxyl groups excluding tert-OH is 11. The fourth-order valence-electron chi connectivity index (χ4n) is 14.9. The smallest absolute Gasteiger partial charge is 0.410 e. The van der Waals surface area contributed by atoms with Crippen LogP contribution in [0, 0.1) is 0 Å². The first-order chi connectivity index (χ1) is 56.8. The summed E-state index contributed by atoms with van der Waals surface area (Å²) in [6.07, 6.45) is -34.6. The van der Waals surface area contributed by atoms with Crippen LogP contribution in [-0.4, -0.2) is 345 Å². The van der Waals surface area contributed by atoms with E-state index < -0.39 is 246 Å². The largest absolute Gasteiger partial charge is 0.483 e. The van der Waals surface area contributed by atoms with Crippen LogP contribution in [0.4, 0.5) is 4.79 Å². The summed E-state index contributed by atoms with van der Waals surface area (Å²) in [6.45, 7) is -0.323. The van der Waals surface area contributed by atoms with E-state index in [4.69, 9.17) is 116 Å². The van der Waals surface area contributed by atoms with Crippen LogP contribution in [-0.2, 0) is 84.3 Å². The summed E-state index contributed by atoms with van der Waals surface area (Å²) in [6, 6.07) is 8.06. The lowest BCUT2D eigenvalue weighted by atomic mass is 9.84. The van der Waals surface area contributed by atoms with Gasteiger partial charge in [-0.15, -0.1) is 0 Å². The fraction of sp³-hybridized carbons (Fsp3) is 0.794. The number of carboxylic acid groups (broad SMARTS) is 1. The summed E-state index contributed by atoms with van der Waals surface area (Å²) in [4.78, 5) is 38.3. The van der Waals surface area contributed by atoms with Gasteiger partial charge in [-0.05, 0) is 83.7 Å². The average molecular weight is 1680 g/mol. The van der Waals surface area contributed by atoms with Crippen LogP contribution in [0.2, 0.25) is 0 Å². The highest BCUT2D eigenvalue weighted by atomic mass is 16.8. The molecule has 6 saturated heterocycles. The number of hydrogen-bond donors (Lipinski definition) is 18. The fourth-order valence-corrected chi connectivity index (χ4v) is 14.9. The van der Waals surface area contributed by atoms with E-state index in [0.717, 1.165) is 17.5 Å². The Hall–Kier alpha value is -7.47. The summed E-state index contributed by atoms with van der Waals surface area (Å²) in [5.41, 5.74) is 85.0. The molecule has 118 heavy (non-hydrogen) atoms. The quantitative estimate of drug-likeness (QED) is 0.0111. The number of unbranched alkanes of at least 4 members (excludes halogenated alkanes) is 1. The Bertz CT molecular complexity index is 3630. The van der Waals surface area contributed by atoms with Crippen LogP contribution < -0.4 is 34.4 Å². The van der Waals surface area contributed by atoms with Gasteiger partial charge in [-0.3, -0.25) is 9.69 Å². The topological polar surface area (TPSA) is 809 Å². The number of benzene rings is 2. The number of ether oxygens (including phenoxy) is 14. The average Bonchev–Trinajstić information content (AvgIpc) is 1.36. The van der Waals surface area contributed by atoms with Gasteiger partial charge in [-0.25, -0.2) is 4.79 Å². The molecule has 6 aliphatic heterocycles. The zero-order chi connectivity index (χ0) is 85.9. The van der Waals surface area contributed by atoms with Crippen molar-refractivity contribution in [3.63, 3.8) is 0 Å². The number of hydrogen-bond acceptors (Lipinski definition) is 38. The minimum absolute atomic E-state index is 0.0321. The normalized spacial score (nSPS) is 38.8. The molecule has 50 nitrogen and oxygen atoms in total. The molecule has 0 radical (unpaired) electrons. The van der Waals surface area contributed by atoms with Crippen LogP contribution >= 0.6 is 0 Å². The SMILES string of the molecule is CCCCOC[C@H]([C@@H]1CC[C@@H](N=[N+]=[N-])[C@@H](O[C@H]2[C@H](O[C@@H]3O[C@H](CO)[C@@H](O[C@H]4O[C@@H](CN=[N+]=[N-])[C@@H](O)[C@H](O)[C@H]4N=[N+]=[N-])[C@H]3O)[C@@H](O)[C@H](N=[N+]=[N-])C[C@@H]2N=[N+]=[N-])O1)N(Cc1ccccc1)C(=O)OCc1ccccc1.NC[C@@H]1O[C@H](O[C@H]2[C@@H](O)[C@H](O[C@@H]3[C@@H](O)[C@H](N)C[C@H](N)[C@H]3O[C@H]3O[C@H]([C@H](N)CO)CC[C@H]3N)O[C@@H]2CO)[C@H](N)[C@@H](O)[C@@H]1O.O=CO. The van der Waals surface area contributed by atoms with Gasteiger partial charge in [0.2, 0.25) is 0 Å². The number of rotatable bonds is 34. The van der Waals surface area contributed by atoms with Crippen molar-refractivity contribution in [3.8, 4) is 0 Å². The van der Waals surface area contributed by atoms with Gasteiger partial charge in [-0.2, -0.15) is 0 Å². The molecule has 2 aliphatic carbocycles. The van der Waals surface area contributed by atoms with Gasteiger partial charge in [0.1, 0.15) is 92.0 Å². The molecule has 0 aromatic heterocycles. The first kappa shape index (κ1) is 96.0. The van der Waals surface area contributed by atoms with E-state index in [1.807, 2.05) is 67.6 Å². The second kappa shape index (κ2) is 47.7. The van der Waals surface area contributed by atoms with Crippen molar-refractivity contribution in [1.82, 2.24) is 4.90 Å². The van der Waals surface area contributed by atoms with Crippen LogP contribution in [0.15, 0.2) is 86.2 Å². The van der Waals surface area contributed by atoms with E-state index in [-0.39, 0.29) is 65.1 Å². The third-order valence-electron chi connectivity index (χ3n) is 21.3. The Morgan fingerprint density at radius 1 is 0.542 bits per heavy atom. The molecule has 0 spiro atoms. The second-order valence-electron chi connectivity index (χ2n) is 29.1. The van der Waals surface area contributed by atoms with Crippen LogP contribution in [0.1, 0.15) is 69.4 Å². The van der Waals surface area contributed by atoms with Crippen LogP contribution in [0.25, 0.3) is 52.2 Å². The Morgan fingerprint density at radius 2 is 1.07 bits per heavy atom. The van der Waals surface area contributed by atoms with Gasteiger partial charge in [0.25, 0.3) is 6.47 Å². The number of amides is 1. The maximum Gasteiger partial charge on any atom is 0.410 e. The third-order valence-corrected chi connectivity index (χ3v) is 21.3. The molecule has 2 saturated carbocycles. The van der Waals surface area contributed by atoms with E-state index in [1.165, 1.54) is 4.90 Å². The maximum absolute atomic E-state index is 14.3. The molecule has 50 heteroatoms. The lowest BCUT2D eigenvalue weighted by Crippen LogP contribution is -2.65. The minimum Gasteiger partial charge on any atom is -0.483 e. The molecule has 8 aliphatic rings. The molecule has 36 atom stereocenters. The van der Waals surface area contributed by atoms with Gasteiger partial charge in [0.05, 0.1) is 118 Å². The number of carbonyl (C=O) groups is 2. The molecule has 2 aromatic carbocycles. The summed E-state index contributed by atoms with van der Waals surface area (Å²) in [5, 5.41) is 143. The molecule has 0 bridgehead atoms. The summed E-state index contributed by atoms with van der Waals surface area (Å²) in [5.74, 6) is 0. The Balaban J connectivity index is 0.000000325. The summed E-state index contributed by atoms with van der Waals surface area (Å²) >= 11 is 0. The number of aliphatic hydroxyl groups is 11. The predicted molar refractivity (Wildman–Crippen MR) is 400 cm³/mol. The molecular weight excluding hydrogens is 1570 g/mol. The molecule has 1 amide bonds.